The zero-order valence-corrected chi connectivity index (χ0v) is 8.78. The Bertz CT molecular complexity index is 159. The third-order valence-electron chi connectivity index (χ3n) is 2.27. The van der Waals surface area contributed by atoms with Crippen LogP contribution in [0.25, 0.3) is 0 Å². The highest BCUT2D eigenvalue weighted by Gasteiger charge is 2.17. The summed E-state index contributed by atoms with van der Waals surface area (Å²) in [7, 11) is 0. The second-order valence-corrected chi connectivity index (χ2v) is 3.92. The van der Waals surface area contributed by atoms with Crippen molar-refractivity contribution in [3.8, 4) is 0 Å². The van der Waals surface area contributed by atoms with Crippen molar-refractivity contribution in [2.75, 3.05) is 19.6 Å². The number of thiocarbonyl (C=S) groups is 1. The number of piperidine rings is 1. The van der Waals surface area contributed by atoms with Gasteiger partial charge in [0.05, 0.1) is 0 Å². The van der Waals surface area contributed by atoms with Crippen LogP contribution in [-0.2, 0) is 0 Å². The second-order valence-electron chi connectivity index (χ2n) is 3.53. The van der Waals surface area contributed by atoms with E-state index in [0.717, 1.165) is 30.7 Å². The van der Waals surface area contributed by atoms with Gasteiger partial charge in [0.1, 0.15) is 0 Å². The zero-order valence-electron chi connectivity index (χ0n) is 7.97. The fraction of sp³-hybridized carbons (Fsp3) is 0.889. The van der Waals surface area contributed by atoms with Crippen molar-refractivity contribution in [3.05, 3.63) is 0 Å². The molecule has 0 saturated carbocycles. The van der Waals surface area contributed by atoms with Gasteiger partial charge in [0.15, 0.2) is 5.11 Å². The summed E-state index contributed by atoms with van der Waals surface area (Å²) in [4.78, 5) is 2.28. The molecule has 1 N–H and O–H groups in total. The molecule has 0 unspecified atom stereocenters. The van der Waals surface area contributed by atoms with Gasteiger partial charge < -0.3 is 10.2 Å². The zero-order chi connectivity index (χ0) is 8.97. The Labute approximate surface area is 80.3 Å². The Hall–Kier alpha value is -0.310. The summed E-state index contributed by atoms with van der Waals surface area (Å²) in [5.74, 6) is 0.801. The van der Waals surface area contributed by atoms with Crippen molar-refractivity contribution < 1.29 is 0 Å². The quantitative estimate of drug-likeness (QED) is 0.626. The first-order valence-corrected chi connectivity index (χ1v) is 5.17. The maximum atomic E-state index is 5.24. The molecule has 1 rings (SSSR count). The molecular weight excluding hydrogens is 168 g/mol. The number of nitrogens with zero attached hydrogens (tertiary/aromatic N) is 1. The van der Waals surface area contributed by atoms with Crippen molar-refractivity contribution >= 4 is 17.3 Å². The van der Waals surface area contributed by atoms with Crippen LogP contribution in [0.2, 0.25) is 0 Å². The molecule has 0 aromatic rings. The molecule has 1 aliphatic heterocycles. The summed E-state index contributed by atoms with van der Waals surface area (Å²) < 4.78 is 0. The third-order valence-corrected chi connectivity index (χ3v) is 2.67. The molecule has 1 saturated heterocycles. The van der Waals surface area contributed by atoms with Gasteiger partial charge in [0.25, 0.3) is 0 Å². The Balaban J connectivity index is 2.35. The Morgan fingerprint density at radius 3 is 3.00 bits per heavy atom. The van der Waals surface area contributed by atoms with E-state index in [-0.39, 0.29) is 0 Å². The molecule has 3 heteroatoms. The van der Waals surface area contributed by atoms with E-state index in [0.29, 0.717) is 0 Å². The molecule has 0 aromatic heterocycles. The Morgan fingerprint density at radius 2 is 2.42 bits per heavy atom. The number of nitrogens with one attached hydrogen (secondary N) is 1. The first-order valence-electron chi connectivity index (χ1n) is 4.76. The van der Waals surface area contributed by atoms with E-state index in [2.05, 4.69) is 24.1 Å². The molecule has 1 heterocycles. The van der Waals surface area contributed by atoms with Gasteiger partial charge in [-0.05, 0) is 37.9 Å². The Kier molecular flexibility index (Phi) is 3.79. The fourth-order valence-electron chi connectivity index (χ4n) is 1.64. The van der Waals surface area contributed by atoms with Gasteiger partial charge >= 0.3 is 0 Å². The van der Waals surface area contributed by atoms with Crippen molar-refractivity contribution in [1.29, 1.82) is 0 Å². The maximum absolute atomic E-state index is 5.24. The fourth-order valence-corrected chi connectivity index (χ4v) is 1.95. The summed E-state index contributed by atoms with van der Waals surface area (Å²) in [6.45, 7) is 7.58. The number of likely N-dealkylation sites (tertiary alicyclic amines) is 1. The number of hydrogen-bond donors (Lipinski definition) is 1. The SMILES string of the molecule is CCNC(=S)N1CCC[C@H](C)C1. The van der Waals surface area contributed by atoms with Gasteiger partial charge in [-0.3, -0.25) is 0 Å². The largest absolute Gasteiger partial charge is 0.363 e. The topological polar surface area (TPSA) is 15.3 Å². The predicted octanol–water partition coefficient (Wildman–Crippen LogP) is 1.61. The van der Waals surface area contributed by atoms with Gasteiger partial charge in [0.2, 0.25) is 0 Å². The minimum absolute atomic E-state index is 0.801. The average Bonchev–Trinajstić information content (AvgIpc) is 2.05. The molecule has 70 valence electrons. The third kappa shape index (κ3) is 2.63. The summed E-state index contributed by atoms with van der Waals surface area (Å²) in [6.07, 6.45) is 2.64. The molecule has 0 amide bonds. The van der Waals surface area contributed by atoms with Gasteiger partial charge in [-0.15, -0.1) is 0 Å². The molecule has 1 aliphatic rings. The van der Waals surface area contributed by atoms with Crippen LogP contribution in [-0.4, -0.2) is 29.6 Å². The van der Waals surface area contributed by atoms with Crippen molar-refractivity contribution in [1.82, 2.24) is 10.2 Å². The summed E-state index contributed by atoms with van der Waals surface area (Å²) in [5, 5.41) is 4.13. The van der Waals surface area contributed by atoms with Crippen molar-refractivity contribution in [3.63, 3.8) is 0 Å². The van der Waals surface area contributed by atoms with Crippen LogP contribution >= 0.6 is 12.2 Å². The van der Waals surface area contributed by atoms with Crippen LogP contribution in [0, 0.1) is 5.92 Å². The average molecular weight is 186 g/mol. The van der Waals surface area contributed by atoms with Crippen LogP contribution in [0.5, 0.6) is 0 Å². The second kappa shape index (κ2) is 4.65. The normalized spacial score (nSPS) is 23.8. The molecule has 0 bridgehead atoms. The summed E-state index contributed by atoms with van der Waals surface area (Å²) >= 11 is 5.24. The van der Waals surface area contributed by atoms with Crippen LogP contribution in [0.4, 0.5) is 0 Å². The van der Waals surface area contributed by atoms with Crippen molar-refractivity contribution in [2.45, 2.75) is 26.7 Å². The van der Waals surface area contributed by atoms with E-state index in [1.807, 2.05) is 0 Å². The lowest BCUT2D eigenvalue weighted by Crippen LogP contribution is -2.44. The van der Waals surface area contributed by atoms with Gasteiger partial charge in [0, 0.05) is 19.6 Å². The van der Waals surface area contributed by atoms with Crippen LogP contribution in [0.1, 0.15) is 26.7 Å². The number of rotatable bonds is 1. The van der Waals surface area contributed by atoms with Gasteiger partial charge in [-0.25, -0.2) is 0 Å². The summed E-state index contributed by atoms with van der Waals surface area (Å²) in [5.41, 5.74) is 0. The highest BCUT2D eigenvalue weighted by atomic mass is 32.1. The smallest absolute Gasteiger partial charge is 0.168 e. The minimum atomic E-state index is 0.801. The molecule has 1 fully saturated rings. The molecule has 0 aromatic carbocycles. The maximum Gasteiger partial charge on any atom is 0.168 e. The lowest BCUT2D eigenvalue weighted by molar-refractivity contribution is 0.271. The Morgan fingerprint density at radius 1 is 1.67 bits per heavy atom. The molecule has 0 aliphatic carbocycles. The lowest BCUT2D eigenvalue weighted by Gasteiger charge is -2.32. The molecule has 1 atom stereocenters. The first kappa shape index (κ1) is 9.78. The van der Waals surface area contributed by atoms with Gasteiger partial charge in [-0.2, -0.15) is 0 Å². The van der Waals surface area contributed by atoms with Crippen LogP contribution in [0.15, 0.2) is 0 Å². The van der Waals surface area contributed by atoms with E-state index < -0.39 is 0 Å². The molecular formula is C9H18N2S. The van der Waals surface area contributed by atoms with Crippen molar-refractivity contribution in [2.24, 2.45) is 5.92 Å². The van der Waals surface area contributed by atoms with E-state index in [1.54, 1.807) is 0 Å². The molecule has 0 spiro atoms. The lowest BCUT2D eigenvalue weighted by atomic mass is 10.0. The van der Waals surface area contributed by atoms with E-state index in [9.17, 15) is 0 Å². The predicted molar refractivity (Wildman–Crippen MR) is 56.2 cm³/mol. The highest BCUT2D eigenvalue weighted by molar-refractivity contribution is 7.80. The monoisotopic (exact) mass is 186 g/mol. The van der Waals surface area contributed by atoms with Gasteiger partial charge in [-0.1, -0.05) is 6.92 Å². The first-order chi connectivity index (χ1) is 5.74. The van der Waals surface area contributed by atoms with E-state index >= 15 is 0 Å². The number of hydrogen-bond acceptors (Lipinski definition) is 1. The van der Waals surface area contributed by atoms with E-state index in [4.69, 9.17) is 12.2 Å². The highest BCUT2D eigenvalue weighted by Crippen LogP contribution is 2.15. The van der Waals surface area contributed by atoms with Crippen LogP contribution < -0.4 is 5.32 Å². The van der Waals surface area contributed by atoms with E-state index in [1.165, 1.54) is 12.8 Å². The standard InChI is InChI=1S/C9H18N2S/c1-3-10-9(12)11-6-4-5-8(2)7-11/h8H,3-7H2,1-2H3,(H,10,12)/t8-/m0/s1. The molecule has 2 nitrogen and oxygen atoms in total. The molecule has 12 heavy (non-hydrogen) atoms. The molecule has 0 radical (unpaired) electrons. The minimum Gasteiger partial charge on any atom is -0.363 e. The van der Waals surface area contributed by atoms with Crippen LogP contribution in [0.3, 0.4) is 0 Å². The summed E-state index contributed by atoms with van der Waals surface area (Å²) in [6, 6.07) is 0.